The molecule has 0 amide bonds. The summed E-state index contributed by atoms with van der Waals surface area (Å²) in [5.41, 5.74) is 3.34. The molecule has 0 fully saturated rings. The summed E-state index contributed by atoms with van der Waals surface area (Å²) in [7, 11) is 4.24. The fourth-order valence-electron chi connectivity index (χ4n) is 4.13. The molecule has 2 aliphatic heterocycles. The molecule has 0 unspecified atom stereocenters. The number of nitrogens with one attached hydrogen (secondary N) is 1. The van der Waals surface area contributed by atoms with Crippen LogP contribution in [0.3, 0.4) is 0 Å². The Balaban J connectivity index is 1.52. The lowest BCUT2D eigenvalue weighted by Gasteiger charge is -2.41. The lowest BCUT2D eigenvalue weighted by atomic mass is 10.1. The van der Waals surface area contributed by atoms with Gasteiger partial charge in [0.05, 0.1) is 24.4 Å². The average Bonchev–Trinajstić information content (AvgIpc) is 3.14. The molecule has 29 heavy (non-hydrogen) atoms. The van der Waals surface area contributed by atoms with E-state index >= 15 is 0 Å². The Morgan fingerprint density at radius 3 is 2.69 bits per heavy atom. The molecule has 1 aromatic heterocycles. The van der Waals surface area contributed by atoms with Gasteiger partial charge in [0, 0.05) is 6.54 Å². The number of nitrogens with zero attached hydrogens (tertiary/aromatic N) is 6. The maximum Gasteiger partial charge on any atom is 0.216 e. The molecule has 0 aliphatic carbocycles. The third-order valence-electron chi connectivity index (χ3n) is 5.56. The van der Waals surface area contributed by atoms with Gasteiger partial charge in [-0.15, -0.1) is 0 Å². The Labute approximate surface area is 171 Å². The summed E-state index contributed by atoms with van der Waals surface area (Å²) in [4.78, 5) is 16.7. The molecule has 5 rings (SSSR count). The van der Waals surface area contributed by atoms with Crippen molar-refractivity contribution in [2.24, 2.45) is 4.99 Å². The number of hydrogen-bond acceptors (Lipinski definition) is 6. The van der Waals surface area contributed by atoms with Gasteiger partial charge >= 0.3 is 0 Å². The molecule has 0 radical (unpaired) electrons. The lowest BCUT2D eigenvalue weighted by molar-refractivity contribution is 0.254. The second-order valence-corrected chi connectivity index (χ2v) is 7.97. The molecule has 0 spiro atoms. The highest BCUT2D eigenvalue weighted by atomic mass is 15.5. The van der Waals surface area contributed by atoms with Crippen molar-refractivity contribution >= 4 is 22.9 Å². The van der Waals surface area contributed by atoms with E-state index in [2.05, 4.69) is 87.2 Å². The van der Waals surface area contributed by atoms with E-state index in [1.54, 1.807) is 0 Å². The first kappa shape index (κ1) is 18.1. The SMILES string of the molecule is CN(C)CCCN1CN=C2N[C@H](c3ccccc3)n3c(nc4ccccc43)N2C1. The number of aliphatic imine (C=N–C) groups is 1. The van der Waals surface area contributed by atoms with Crippen LogP contribution in [0.1, 0.15) is 18.2 Å². The van der Waals surface area contributed by atoms with Gasteiger partial charge in [-0.3, -0.25) is 14.4 Å². The summed E-state index contributed by atoms with van der Waals surface area (Å²) in [5, 5.41) is 3.67. The van der Waals surface area contributed by atoms with Crippen molar-refractivity contribution in [3.63, 3.8) is 0 Å². The number of hydrogen-bond donors (Lipinski definition) is 1. The highest BCUT2D eigenvalue weighted by molar-refractivity contribution is 5.98. The van der Waals surface area contributed by atoms with Crippen LogP contribution in [0.15, 0.2) is 59.6 Å². The quantitative estimate of drug-likeness (QED) is 0.727. The Morgan fingerprint density at radius 2 is 1.86 bits per heavy atom. The number of rotatable bonds is 5. The van der Waals surface area contributed by atoms with Crippen LogP contribution < -0.4 is 10.2 Å². The number of aromatic nitrogens is 2. The van der Waals surface area contributed by atoms with Crippen molar-refractivity contribution in [1.82, 2.24) is 24.7 Å². The third-order valence-corrected chi connectivity index (χ3v) is 5.56. The molecule has 3 aromatic rings. The smallest absolute Gasteiger partial charge is 0.216 e. The van der Waals surface area contributed by atoms with Crippen molar-refractivity contribution in [3.05, 3.63) is 60.2 Å². The Bertz CT molecular complexity index is 1020. The molecular weight excluding hydrogens is 362 g/mol. The fraction of sp³-hybridized carbons (Fsp3) is 0.364. The second kappa shape index (κ2) is 7.50. The molecule has 0 saturated carbocycles. The van der Waals surface area contributed by atoms with Crippen LogP contribution in [0.5, 0.6) is 0 Å². The summed E-state index contributed by atoms with van der Waals surface area (Å²) in [6.45, 7) is 3.62. The van der Waals surface area contributed by atoms with Gasteiger partial charge in [0.1, 0.15) is 6.17 Å². The van der Waals surface area contributed by atoms with Gasteiger partial charge < -0.3 is 10.2 Å². The summed E-state index contributed by atoms with van der Waals surface area (Å²) < 4.78 is 2.30. The Morgan fingerprint density at radius 1 is 1.07 bits per heavy atom. The van der Waals surface area contributed by atoms with E-state index in [-0.39, 0.29) is 6.17 Å². The van der Waals surface area contributed by atoms with Gasteiger partial charge in [-0.2, -0.15) is 0 Å². The van der Waals surface area contributed by atoms with Crippen molar-refractivity contribution < 1.29 is 0 Å². The monoisotopic (exact) mass is 389 g/mol. The van der Waals surface area contributed by atoms with E-state index in [4.69, 9.17) is 9.98 Å². The Hall–Kier alpha value is -2.90. The fourth-order valence-corrected chi connectivity index (χ4v) is 4.13. The number of para-hydroxylation sites is 2. The summed E-state index contributed by atoms with van der Waals surface area (Å²) in [5.74, 6) is 1.86. The maximum absolute atomic E-state index is 4.99. The number of benzene rings is 2. The van der Waals surface area contributed by atoms with Crippen LogP contribution in [0.25, 0.3) is 11.0 Å². The average molecular weight is 390 g/mol. The van der Waals surface area contributed by atoms with Crippen molar-refractivity contribution in [1.29, 1.82) is 0 Å². The highest BCUT2D eigenvalue weighted by Crippen LogP contribution is 2.33. The third kappa shape index (κ3) is 3.36. The molecule has 7 nitrogen and oxygen atoms in total. The molecule has 7 heteroatoms. The molecule has 1 atom stereocenters. The number of guanidine groups is 1. The molecule has 1 N–H and O–H groups in total. The Kier molecular flexibility index (Phi) is 4.69. The normalized spacial score (nSPS) is 19.1. The topological polar surface area (TPSA) is 51.9 Å². The molecule has 150 valence electrons. The molecular formula is C22H27N7. The molecule has 2 aromatic carbocycles. The van der Waals surface area contributed by atoms with Crippen LogP contribution in [0.4, 0.5) is 5.95 Å². The molecule has 0 saturated heterocycles. The predicted octanol–water partition coefficient (Wildman–Crippen LogP) is 2.53. The number of imidazole rings is 1. The van der Waals surface area contributed by atoms with Gasteiger partial charge in [0.15, 0.2) is 0 Å². The zero-order chi connectivity index (χ0) is 19.8. The van der Waals surface area contributed by atoms with Gasteiger partial charge in [-0.25, -0.2) is 9.98 Å². The minimum Gasteiger partial charge on any atom is -0.331 e. The van der Waals surface area contributed by atoms with Gasteiger partial charge in [-0.05, 0) is 44.8 Å². The molecule has 2 aliphatic rings. The van der Waals surface area contributed by atoms with Crippen LogP contribution in [0, 0.1) is 0 Å². The van der Waals surface area contributed by atoms with E-state index < -0.39 is 0 Å². The zero-order valence-corrected chi connectivity index (χ0v) is 17.0. The van der Waals surface area contributed by atoms with E-state index in [0.29, 0.717) is 6.67 Å². The van der Waals surface area contributed by atoms with E-state index in [1.165, 1.54) is 5.56 Å². The van der Waals surface area contributed by atoms with Crippen molar-refractivity contribution in [2.45, 2.75) is 12.6 Å². The predicted molar refractivity (Wildman–Crippen MR) is 117 cm³/mol. The first-order valence-electron chi connectivity index (χ1n) is 10.2. The number of fused-ring (bicyclic) bond motifs is 5. The minimum atomic E-state index is -0.0195. The lowest BCUT2D eigenvalue weighted by Crippen LogP contribution is -2.57. The van der Waals surface area contributed by atoms with Crippen molar-refractivity contribution in [2.75, 3.05) is 45.4 Å². The van der Waals surface area contributed by atoms with E-state index in [9.17, 15) is 0 Å². The largest absolute Gasteiger partial charge is 0.331 e. The first-order valence-corrected chi connectivity index (χ1v) is 10.2. The zero-order valence-electron chi connectivity index (χ0n) is 17.0. The second-order valence-electron chi connectivity index (χ2n) is 7.97. The summed E-state index contributed by atoms with van der Waals surface area (Å²) >= 11 is 0. The minimum absolute atomic E-state index is 0.0195. The molecule has 3 heterocycles. The number of anilines is 1. The van der Waals surface area contributed by atoms with E-state index in [0.717, 1.165) is 49.1 Å². The van der Waals surface area contributed by atoms with Crippen LogP contribution in [0.2, 0.25) is 0 Å². The summed E-state index contributed by atoms with van der Waals surface area (Å²) in [6.07, 6.45) is 1.11. The van der Waals surface area contributed by atoms with Crippen LogP contribution >= 0.6 is 0 Å². The van der Waals surface area contributed by atoms with E-state index in [1.807, 2.05) is 6.07 Å². The standard InChI is InChI=1S/C22H27N7/c1-26(2)13-8-14-27-15-23-21-25-20(17-9-4-3-5-10-17)29-19-12-7-6-11-18(19)24-22(29)28(21)16-27/h3-7,9-12,20H,8,13-16H2,1-2H3,(H,23,25)/t20-/m0/s1. The van der Waals surface area contributed by atoms with Gasteiger partial charge in [0.2, 0.25) is 11.9 Å². The maximum atomic E-state index is 4.99. The first-order chi connectivity index (χ1) is 14.2. The highest BCUT2D eigenvalue weighted by Gasteiger charge is 2.35. The van der Waals surface area contributed by atoms with Crippen molar-refractivity contribution in [3.8, 4) is 0 Å². The van der Waals surface area contributed by atoms with Gasteiger partial charge in [0.25, 0.3) is 0 Å². The van der Waals surface area contributed by atoms with Gasteiger partial charge in [-0.1, -0.05) is 42.5 Å². The summed E-state index contributed by atoms with van der Waals surface area (Å²) in [6, 6.07) is 18.9. The molecule has 0 bridgehead atoms. The van der Waals surface area contributed by atoms with Crippen LogP contribution in [-0.4, -0.2) is 65.8 Å². The van der Waals surface area contributed by atoms with Crippen LogP contribution in [-0.2, 0) is 0 Å².